The van der Waals surface area contributed by atoms with Gasteiger partial charge in [0, 0.05) is 30.2 Å². The van der Waals surface area contributed by atoms with Crippen LogP contribution in [0.4, 0.5) is 5.95 Å². The average molecular weight is 478 g/mol. The van der Waals surface area contributed by atoms with E-state index in [2.05, 4.69) is 16.4 Å². The van der Waals surface area contributed by atoms with Crippen molar-refractivity contribution in [1.29, 1.82) is 0 Å². The third-order valence-corrected chi connectivity index (χ3v) is 6.92. The summed E-state index contributed by atoms with van der Waals surface area (Å²) < 4.78 is 1.93. The van der Waals surface area contributed by atoms with Gasteiger partial charge in [0.2, 0.25) is 11.9 Å². The lowest BCUT2D eigenvalue weighted by Crippen LogP contribution is -2.34. The predicted molar refractivity (Wildman–Crippen MR) is 141 cm³/mol. The number of aromatic nitrogens is 3. The number of aromatic amines is 1. The van der Waals surface area contributed by atoms with Crippen LogP contribution >= 0.6 is 0 Å². The Kier molecular flexibility index (Phi) is 5.73. The molecule has 3 heterocycles. The van der Waals surface area contributed by atoms with Gasteiger partial charge in [-0.15, -0.1) is 0 Å². The fourth-order valence-electron chi connectivity index (χ4n) is 5.12. The molecular formula is C29H27N5O2. The molecule has 3 aromatic carbocycles. The van der Waals surface area contributed by atoms with E-state index in [-0.39, 0.29) is 18.2 Å². The van der Waals surface area contributed by atoms with Crippen LogP contribution in [0.2, 0.25) is 0 Å². The molecule has 1 aliphatic rings. The summed E-state index contributed by atoms with van der Waals surface area (Å²) in [6, 6.07) is 25.4. The highest BCUT2D eigenvalue weighted by Gasteiger charge is 2.40. The fourth-order valence-corrected chi connectivity index (χ4v) is 5.12. The summed E-state index contributed by atoms with van der Waals surface area (Å²) in [7, 11) is 0. The number of fused-ring (bicyclic) bond motifs is 4. The number of carbonyl (C=O) groups is 2. The molecule has 0 spiro atoms. The molecule has 0 fully saturated rings. The number of para-hydroxylation sites is 3. The molecule has 2 N–H and O–H groups in total. The Balaban J connectivity index is 1.21. The molecule has 5 aromatic rings. The Morgan fingerprint density at radius 3 is 2.61 bits per heavy atom. The number of hydrogen-bond donors (Lipinski definition) is 2. The van der Waals surface area contributed by atoms with Crippen molar-refractivity contribution in [2.75, 3.05) is 18.0 Å². The van der Waals surface area contributed by atoms with Gasteiger partial charge in [0.05, 0.1) is 17.5 Å². The summed E-state index contributed by atoms with van der Waals surface area (Å²) in [5.41, 5.74) is 5.10. The molecule has 6 rings (SSSR count). The normalized spacial score (nSPS) is 15.1. The molecule has 0 saturated heterocycles. The monoisotopic (exact) mass is 477 g/mol. The van der Waals surface area contributed by atoms with Crippen LogP contribution in [-0.4, -0.2) is 39.4 Å². The number of H-pyrrole nitrogens is 1. The lowest BCUT2D eigenvalue weighted by molar-refractivity contribution is -0.127. The Morgan fingerprint density at radius 2 is 1.72 bits per heavy atom. The third-order valence-electron chi connectivity index (χ3n) is 6.92. The van der Waals surface area contributed by atoms with E-state index in [1.165, 1.54) is 5.56 Å². The minimum absolute atomic E-state index is 0.0821. The van der Waals surface area contributed by atoms with Crippen LogP contribution in [0.25, 0.3) is 21.9 Å². The minimum atomic E-state index is -0.605. The molecule has 2 amide bonds. The van der Waals surface area contributed by atoms with Gasteiger partial charge in [0.15, 0.2) is 0 Å². The standard InChI is InChI=1S/C29H27N5O2/c35-27(30-16-14-20-8-2-1-3-9-20)18-26-28(36)33(29-32-24-12-6-7-13-25(24)34(26)29)17-15-21-19-31-23-11-5-4-10-22(21)23/h1-13,19,26,31H,14-18H2,(H,30,35). The van der Waals surface area contributed by atoms with E-state index < -0.39 is 6.04 Å². The maximum absolute atomic E-state index is 13.6. The maximum atomic E-state index is 13.6. The third kappa shape index (κ3) is 4.02. The first kappa shape index (κ1) is 22.1. The molecule has 7 heteroatoms. The van der Waals surface area contributed by atoms with Crippen LogP contribution in [0.1, 0.15) is 23.6 Å². The predicted octanol–water partition coefficient (Wildman–Crippen LogP) is 4.40. The van der Waals surface area contributed by atoms with E-state index in [4.69, 9.17) is 4.98 Å². The van der Waals surface area contributed by atoms with Crippen molar-refractivity contribution in [1.82, 2.24) is 19.9 Å². The molecule has 1 aliphatic heterocycles. The first-order valence-electron chi connectivity index (χ1n) is 12.3. The second-order valence-corrected chi connectivity index (χ2v) is 9.18. The Morgan fingerprint density at radius 1 is 0.944 bits per heavy atom. The van der Waals surface area contributed by atoms with Crippen LogP contribution < -0.4 is 10.2 Å². The zero-order valence-electron chi connectivity index (χ0n) is 19.9. The Bertz CT molecular complexity index is 1550. The van der Waals surface area contributed by atoms with Crippen molar-refractivity contribution in [2.24, 2.45) is 0 Å². The molecule has 0 radical (unpaired) electrons. The van der Waals surface area contributed by atoms with E-state index in [1.807, 2.05) is 83.6 Å². The van der Waals surface area contributed by atoms with Gasteiger partial charge < -0.3 is 10.3 Å². The van der Waals surface area contributed by atoms with Gasteiger partial charge in [-0.1, -0.05) is 60.7 Å². The van der Waals surface area contributed by atoms with Gasteiger partial charge in [-0.2, -0.15) is 0 Å². The number of carbonyl (C=O) groups excluding carboxylic acids is 2. The molecule has 0 bridgehead atoms. The molecular weight excluding hydrogens is 450 g/mol. The molecule has 180 valence electrons. The highest BCUT2D eigenvalue weighted by Crippen LogP contribution is 2.36. The van der Waals surface area contributed by atoms with Gasteiger partial charge in [-0.25, -0.2) is 4.98 Å². The first-order valence-corrected chi connectivity index (χ1v) is 12.3. The van der Waals surface area contributed by atoms with Crippen LogP contribution in [0.5, 0.6) is 0 Å². The van der Waals surface area contributed by atoms with Gasteiger partial charge in [0.25, 0.3) is 5.91 Å². The van der Waals surface area contributed by atoms with E-state index in [9.17, 15) is 9.59 Å². The molecule has 0 saturated carbocycles. The second kappa shape index (κ2) is 9.34. The number of imidazole rings is 1. The SMILES string of the molecule is O=C(CC1C(=O)N(CCc2c[nH]c3ccccc23)c2nc3ccccc3n21)NCCc1ccccc1. The van der Waals surface area contributed by atoms with Crippen LogP contribution in [0.3, 0.4) is 0 Å². The summed E-state index contributed by atoms with van der Waals surface area (Å²) in [5, 5.41) is 4.15. The summed E-state index contributed by atoms with van der Waals surface area (Å²) >= 11 is 0. The van der Waals surface area contributed by atoms with Gasteiger partial charge in [0.1, 0.15) is 6.04 Å². The molecule has 1 atom stereocenters. The van der Waals surface area contributed by atoms with Crippen molar-refractivity contribution in [3.8, 4) is 0 Å². The van der Waals surface area contributed by atoms with Crippen LogP contribution in [0, 0.1) is 0 Å². The fraction of sp³-hybridized carbons (Fsp3) is 0.207. The average Bonchev–Trinajstić information content (AvgIpc) is 3.56. The molecule has 7 nitrogen and oxygen atoms in total. The van der Waals surface area contributed by atoms with E-state index in [0.717, 1.165) is 33.9 Å². The highest BCUT2D eigenvalue weighted by molar-refractivity contribution is 6.03. The highest BCUT2D eigenvalue weighted by atomic mass is 16.2. The van der Waals surface area contributed by atoms with Crippen molar-refractivity contribution >= 4 is 39.7 Å². The second-order valence-electron chi connectivity index (χ2n) is 9.18. The topological polar surface area (TPSA) is 83.0 Å². The van der Waals surface area contributed by atoms with Gasteiger partial charge in [-0.05, 0) is 42.2 Å². The quantitative estimate of drug-likeness (QED) is 0.348. The molecule has 2 aromatic heterocycles. The lowest BCUT2D eigenvalue weighted by Gasteiger charge is -2.16. The van der Waals surface area contributed by atoms with E-state index >= 15 is 0 Å². The molecule has 1 unspecified atom stereocenters. The number of nitrogens with one attached hydrogen (secondary N) is 2. The number of nitrogens with zero attached hydrogens (tertiary/aromatic N) is 3. The summed E-state index contributed by atoms with van der Waals surface area (Å²) in [4.78, 5) is 36.3. The summed E-state index contributed by atoms with van der Waals surface area (Å²) in [6.07, 6.45) is 3.53. The lowest BCUT2D eigenvalue weighted by atomic mass is 10.1. The zero-order valence-corrected chi connectivity index (χ0v) is 19.9. The number of amides is 2. The van der Waals surface area contributed by atoms with Crippen molar-refractivity contribution in [3.63, 3.8) is 0 Å². The van der Waals surface area contributed by atoms with Gasteiger partial charge in [-0.3, -0.25) is 19.1 Å². The van der Waals surface area contributed by atoms with Crippen molar-refractivity contribution in [3.05, 3.63) is 96.2 Å². The smallest absolute Gasteiger partial charge is 0.253 e. The van der Waals surface area contributed by atoms with Crippen molar-refractivity contribution in [2.45, 2.75) is 25.3 Å². The van der Waals surface area contributed by atoms with Crippen LogP contribution in [0.15, 0.2) is 85.1 Å². The summed E-state index contributed by atoms with van der Waals surface area (Å²) in [6.45, 7) is 1.03. The first-order chi connectivity index (χ1) is 17.7. The van der Waals surface area contributed by atoms with Crippen molar-refractivity contribution < 1.29 is 9.59 Å². The number of anilines is 1. The maximum Gasteiger partial charge on any atom is 0.253 e. The minimum Gasteiger partial charge on any atom is -0.361 e. The zero-order chi connectivity index (χ0) is 24.5. The number of benzene rings is 3. The summed E-state index contributed by atoms with van der Waals surface area (Å²) in [5.74, 6) is 0.399. The Hall–Kier alpha value is -4.39. The van der Waals surface area contributed by atoms with E-state index in [0.29, 0.717) is 25.5 Å². The number of rotatable bonds is 8. The number of hydrogen-bond acceptors (Lipinski definition) is 3. The molecule has 0 aliphatic carbocycles. The largest absolute Gasteiger partial charge is 0.361 e. The van der Waals surface area contributed by atoms with Crippen LogP contribution in [-0.2, 0) is 22.4 Å². The molecule has 36 heavy (non-hydrogen) atoms. The van der Waals surface area contributed by atoms with Gasteiger partial charge >= 0.3 is 0 Å². The Labute approximate surface area is 208 Å². The van der Waals surface area contributed by atoms with E-state index in [1.54, 1.807) is 4.90 Å².